The molecule has 0 radical (unpaired) electrons. The number of anilines is 1. The first-order valence-corrected chi connectivity index (χ1v) is 11.7. The van der Waals surface area contributed by atoms with Crippen LogP contribution in [0.3, 0.4) is 0 Å². The van der Waals surface area contributed by atoms with E-state index in [1.165, 1.54) is 0 Å². The van der Waals surface area contributed by atoms with E-state index >= 15 is 0 Å². The van der Waals surface area contributed by atoms with Gasteiger partial charge in [-0.2, -0.15) is 0 Å². The number of benzene rings is 3. The quantitative estimate of drug-likeness (QED) is 0.245. The van der Waals surface area contributed by atoms with E-state index in [4.69, 9.17) is 27.6 Å². The number of para-hydroxylation sites is 1. The number of carbonyl (C=O) groups excluding carboxylic acids is 1. The van der Waals surface area contributed by atoms with Gasteiger partial charge in [0, 0.05) is 15.6 Å². The van der Waals surface area contributed by atoms with Crippen LogP contribution in [0.25, 0.3) is 23.1 Å². The number of hydrogen-bond acceptors (Lipinski definition) is 2. The Bertz CT molecular complexity index is 1420. The molecule has 1 aliphatic heterocycles. The van der Waals surface area contributed by atoms with Gasteiger partial charge in [0.2, 0.25) is 0 Å². The lowest BCUT2D eigenvalue weighted by atomic mass is 10.1. The minimum atomic E-state index is -0.131. The number of hydrogen-bond donors (Lipinski definition) is 0. The highest BCUT2D eigenvalue weighted by molar-refractivity contribution is 9.10. The molecule has 1 aromatic heterocycles. The van der Waals surface area contributed by atoms with Crippen molar-refractivity contribution in [3.8, 4) is 11.3 Å². The lowest BCUT2D eigenvalue weighted by Gasteiger charge is -2.22. The van der Waals surface area contributed by atoms with Gasteiger partial charge in [-0.3, -0.25) is 9.69 Å². The molecular weight excluding hydrogens is 521 g/mol. The molecule has 0 N–H and O–H groups in total. The van der Waals surface area contributed by atoms with E-state index in [9.17, 15) is 4.79 Å². The van der Waals surface area contributed by atoms with Crippen molar-refractivity contribution in [2.24, 2.45) is 0 Å². The van der Waals surface area contributed by atoms with E-state index < -0.39 is 0 Å². The van der Waals surface area contributed by atoms with Gasteiger partial charge in [-0.15, -0.1) is 0 Å². The summed E-state index contributed by atoms with van der Waals surface area (Å²) in [6.45, 7) is 0. The van der Waals surface area contributed by atoms with Crippen LogP contribution in [0.2, 0.25) is 10.0 Å². The lowest BCUT2D eigenvalue weighted by molar-refractivity contribution is -0.113. The molecule has 0 aliphatic carbocycles. The van der Waals surface area contributed by atoms with Crippen LogP contribution in [0.1, 0.15) is 11.3 Å². The normalized spacial score (nSPS) is 14.8. The summed E-state index contributed by atoms with van der Waals surface area (Å²) in [4.78, 5) is 15.2. The van der Waals surface area contributed by atoms with Gasteiger partial charge >= 0.3 is 0 Å². The summed E-state index contributed by atoms with van der Waals surface area (Å²) < 4.78 is 6.83. The van der Waals surface area contributed by atoms with Crippen molar-refractivity contribution in [3.05, 3.63) is 122 Å². The Morgan fingerprint density at radius 1 is 0.818 bits per heavy atom. The van der Waals surface area contributed by atoms with E-state index in [1.807, 2.05) is 78.9 Å². The van der Waals surface area contributed by atoms with Gasteiger partial charge in [0.25, 0.3) is 5.91 Å². The summed E-state index contributed by atoms with van der Waals surface area (Å²) in [5, 5.41) is 0.938. The van der Waals surface area contributed by atoms with Crippen molar-refractivity contribution >= 4 is 62.5 Å². The van der Waals surface area contributed by atoms with Crippen LogP contribution in [0.5, 0.6) is 0 Å². The molecule has 0 saturated heterocycles. The van der Waals surface area contributed by atoms with E-state index in [1.54, 1.807) is 23.1 Å². The standard InChI is InChI=1S/C27H16BrCl2NO2/c28-21-8-4-5-9-24(21)31-25(17-6-2-1-3-7-17)16-19(27(31)32)14-20-11-13-26(33-20)18-10-12-22(29)23(30)15-18/h1-16H/b19-14+. The van der Waals surface area contributed by atoms with Gasteiger partial charge in [-0.25, -0.2) is 0 Å². The number of rotatable bonds is 4. The first-order chi connectivity index (χ1) is 16.0. The highest BCUT2D eigenvalue weighted by Crippen LogP contribution is 2.39. The Labute approximate surface area is 209 Å². The smallest absolute Gasteiger partial charge is 0.263 e. The minimum Gasteiger partial charge on any atom is -0.457 e. The molecule has 5 rings (SSSR count). The van der Waals surface area contributed by atoms with Crippen molar-refractivity contribution in [2.45, 2.75) is 0 Å². The Hall–Kier alpha value is -3.05. The van der Waals surface area contributed by atoms with Gasteiger partial charge < -0.3 is 4.42 Å². The third kappa shape index (κ3) is 4.30. The summed E-state index contributed by atoms with van der Waals surface area (Å²) in [6.07, 6.45) is 3.64. The molecule has 3 nitrogen and oxygen atoms in total. The SMILES string of the molecule is O=C1/C(=C/c2ccc(-c3ccc(Cl)c(Cl)c3)o2)C=C(c2ccccc2)N1c1ccccc1Br. The summed E-state index contributed by atoms with van der Waals surface area (Å²) >= 11 is 15.7. The fourth-order valence-electron chi connectivity index (χ4n) is 3.70. The molecule has 33 heavy (non-hydrogen) atoms. The van der Waals surface area contributed by atoms with Crippen LogP contribution < -0.4 is 4.90 Å². The third-order valence-corrected chi connectivity index (χ3v) is 6.68. The Kier molecular flexibility index (Phi) is 5.98. The monoisotopic (exact) mass is 535 g/mol. The van der Waals surface area contributed by atoms with Gasteiger partial charge in [-0.1, -0.05) is 65.7 Å². The maximum absolute atomic E-state index is 13.5. The molecule has 0 unspecified atom stereocenters. The van der Waals surface area contributed by atoms with Crippen molar-refractivity contribution in [1.82, 2.24) is 0 Å². The topological polar surface area (TPSA) is 33.5 Å². The zero-order chi connectivity index (χ0) is 22.9. The zero-order valence-corrected chi connectivity index (χ0v) is 20.2. The summed E-state index contributed by atoms with van der Waals surface area (Å²) in [6, 6.07) is 26.5. The molecule has 0 atom stereocenters. The largest absolute Gasteiger partial charge is 0.457 e. The molecule has 2 heterocycles. The number of furan rings is 1. The predicted molar refractivity (Wildman–Crippen MR) is 138 cm³/mol. The highest BCUT2D eigenvalue weighted by atomic mass is 79.9. The highest BCUT2D eigenvalue weighted by Gasteiger charge is 2.31. The molecule has 162 valence electrons. The molecular formula is C27H16BrCl2NO2. The van der Waals surface area contributed by atoms with Gasteiger partial charge in [0.05, 0.1) is 21.4 Å². The van der Waals surface area contributed by atoms with Gasteiger partial charge in [0.1, 0.15) is 11.5 Å². The van der Waals surface area contributed by atoms with Crippen molar-refractivity contribution < 1.29 is 9.21 Å². The van der Waals surface area contributed by atoms with Crippen LogP contribution in [-0.4, -0.2) is 5.91 Å². The molecule has 1 aliphatic rings. The van der Waals surface area contributed by atoms with Crippen molar-refractivity contribution in [3.63, 3.8) is 0 Å². The fourth-order valence-corrected chi connectivity index (χ4v) is 4.46. The average Bonchev–Trinajstić information content (AvgIpc) is 3.42. The molecule has 3 aromatic carbocycles. The van der Waals surface area contributed by atoms with Crippen molar-refractivity contribution in [1.29, 1.82) is 0 Å². The summed E-state index contributed by atoms with van der Waals surface area (Å²) in [5.74, 6) is 1.08. The molecule has 4 aromatic rings. The third-order valence-electron chi connectivity index (χ3n) is 5.27. The first-order valence-electron chi connectivity index (χ1n) is 10.1. The average molecular weight is 537 g/mol. The van der Waals surface area contributed by atoms with Crippen LogP contribution in [0.4, 0.5) is 5.69 Å². The predicted octanol–water partition coefficient (Wildman–Crippen LogP) is 8.49. The number of halogens is 3. The summed E-state index contributed by atoms with van der Waals surface area (Å²) in [5.41, 5.74) is 3.86. The lowest BCUT2D eigenvalue weighted by Crippen LogP contribution is -2.25. The first kappa shape index (κ1) is 21.8. The minimum absolute atomic E-state index is 0.131. The molecule has 6 heteroatoms. The van der Waals surface area contributed by atoms with E-state index in [2.05, 4.69) is 15.9 Å². The fraction of sp³-hybridized carbons (Fsp3) is 0. The van der Waals surface area contributed by atoms with Crippen LogP contribution in [-0.2, 0) is 4.79 Å². The molecule has 0 bridgehead atoms. The van der Waals surface area contributed by atoms with E-state index in [-0.39, 0.29) is 5.91 Å². The Morgan fingerprint density at radius 3 is 2.33 bits per heavy atom. The second-order valence-corrected chi connectivity index (χ2v) is 9.09. The van der Waals surface area contributed by atoms with E-state index in [0.29, 0.717) is 27.1 Å². The maximum atomic E-state index is 13.5. The number of amides is 1. The van der Waals surface area contributed by atoms with E-state index in [0.717, 1.165) is 27.0 Å². The molecule has 0 fully saturated rings. The van der Waals surface area contributed by atoms with Crippen LogP contribution >= 0.6 is 39.1 Å². The molecule has 0 saturated carbocycles. The summed E-state index contributed by atoms with van der Waals surface area (Å²) in [7, 11) is 0. The van der Waals surface area contributed by atoms with Crippen LogP contribution in [0.15, 0.2) is 105 Å². The number of carbonyl (C=O) groups is 1. The molecule has 1 amide bonds. The van der Waals surface area contributed by atoms with Gasteiger partial charge in [-0.05, 0) is 76.1 Å². The Morgan fingerprint density at radius 2 is 1.58 bits per heavy atom. The van der Waals surface area contributed by atoms with Crippen LogP contribution in [0, 0.1) is 0 Å². The maximum Gasteiger partial charge on any atom is 0.263 e. The number of nitrogens with zero attached hydrogens (tertiary/aromatic N) is 1. The van der Waals surface area contributed by atoms with Crippen molar-refractivity contribution in [2.75, 3.05) is 4.90 Å². The second kappa shape index (κ2) is 9.06. The van der Waals surface area contributed by atoms with Gasteiger partial charge in [0.15, 0.2) is 0 Å². The Balaban J connectivity index is 1.55. The zero-order valence-electron chi connectivity index (χ0n) is 17.1. The molecule has 0 spiro atoms. The second-order valence-electron chi connectivity index (χ2n) is 7.42.